The number of halogens is 3. The lowest BCUT2D eigenvalue weighted by molar-refractivity contribution is -0.117. The lowest BCUT2D eigenvalue weighted by Gasteiger charge is -2.14. The minimum absolute atomic E-state index is 0.100. The molecule has 1 aliphatic rings. The average molecular weight is 389 g/mol. The molecular formula is C9H8BrCl2N3O3S. The van der Waals surface area contributed by atoms with E-state index in [4.69, 9.17) is 22.3 Å². The molecule has 2 heterocycles. The number of anilines is 1. The van der Waals surface area contributed by atoms with Gasteiger partial charge in [-0.15, -0.1) is 0 Å². The first-order valence-electron chi connectivity index (χ1n) is 5.17. The van der Waals surface area contributed by atoms with E-state index in [-0.39, 0.29) is 41.6 Å². The Bertz CT molecular complexity index is 625. The molecule has 1 aromatic heterocycles. The largest absolute Gasteiger partial charge is 0.280 e. The highest BCUT2D eigenvalue weighted by molar-refractivity contribution is 9.10. The summed E-state index contributed by atoms with van der Waals surface area (Å²) >= 11 is 8.98. The van der Waals surface area contributed by atoms with Crippen LogP contribution in [0.2, 0.25) is 5.15 Å². The highest BCUT2D eigenvalue weighted by Gasteiger charge is 2.34. The molecule has 104 valence electrons. The Morgan fingerprint density at radius 2 is 2.21 bits per heavy atom. The fourth-order valence-corrected chi connectivity index (χ4v) is 3.47. The van der Waals surface area contributed by atoms with Crippen LogP contribution in [0.15, 0.2) is 10.7 Å². The molecule has 0 bridgehead atoms. The van der Waals surface area contributed by atoms with Gasteiger partial charge in [0.15, 0.2) is 0 Å². The SMILES string of the molecule is O=C1CC(CS(=O)(=O)Cl)CN1c1ncc(Br)c(Cl)n1. The zero-order valence-corrected chi connectivity index (χ0v) is 13.3. The zero-order valence-electron chi connectivity index (χ0n) is 9.38. The molecule has 1 aromatic rings. The summed E-state index contributed by atoms with van der Waals surface area (Å²) < 4.78 is 22.5. The molecule has 0 saturated carbocycles. The summed E-state index contributed by atoms with van der Waals surface area (Å²) in [5, 5.41) is 0.186. The Morgan fingerprint density at radius 1 is 1.53 bits per heavy atom. The molecule has 0 aliphatic carbocycles. The van der Waals surface area contributed by atoms with E-state index in [1.54, 1.807) is 0 Å². The monoisotopic (exact) mass is 387 g/mol. The first-order chi connectivity index (χ1) is 8.76. The van der Waals surface area contributed by atoms with Gasteiger partial charge < -0.3 is 0 Å². The van der Waals surface area contributed by atoms with Crippen molar-refractivity contribution >= 4 is 59.1 Å². The number of amides is 1. The molecule has 1 fully saturated rings. The van der Waals surface area contributed by atoms with Gasteiger partial charge in [-0.25, -0.2) is 13.4 Å². The summed E-state index contributed by atoms with van der Waals surface area (Å²) in [4.78, 5) is 21.1. The van der Waals surface area contributed by atoms with E-state index in [0.717, 1.165) is 0 Å². The van der Waals surface area contributed by atoms with Crippen LogP contribution in [0, 0.1) is 5.92 Å². The van der Waals surface area contributed by atoms with Gasteiger partial charge in [-0.2, -0.15) is 4.98 Å². The fraction of sp³-hybridized carbons (Fsp3) is 0.444. The van der Waals surface area contributed by atoms with E-state index in [0.29, 0.717) is 4.47 Å². The molecule has 1 aliphatic heterocycles. The third-order valence-corrected chi connectivity index (χ3v) is 4.91. The summed E-state index contributed by atoms with van der Waals surface area (Å²) in [5.74, 6) is -0.696. The Morgan fingerprint density at radius 3 is 2.79 bits per heavy atom. The fourth-order valence-electron chi connectivity index (χ4n) is 1.84. The number of hydrogen-bond donors (Lipinski definition) is 0. The van der Waals surface area contributed by atoms with Crippen LogP contribution in [0.4, 0.5) is 5.95 Å². The zero-order chi connectivity index (χ0) is 14.2. The number of carbonyl (C=O) groups excluding carboxylic acids is 1. The van der Waals surface area contributed by atoms with Gasteiger partial charge >= 0.3 is 0 Å². The van der Waals surface area contributed by atoms with Crippen molar-refractivity contribution < 1.29 is 13.2 Å². The number of rotatable bonds is 3. The maximum Gasteiger partial charge on any atom is 0.233 e. The molecule has 0 N–H and O–H groups in total. The van der Waals surface area contributed by atoms with Crippen molar-refractivity contribution in [2.75, 3.05) is 17.2 Å². The molecule has 0 spiro atoms. The molecule has 0 radical (unpaired) electrons. The number of hydrogen-bond acceptors (Lipinski definition) is 5. The molecular weight excluding hydrogens is 381 g/mol. The second-order valence-corrected chi connectivity index (χ2v) is 8.12. The van der Waals surface area contributed by atoms with Crippen LogP contribution in [0.25, 0.3) is 0 Å². The van der Waals surface area contributed by atoms with Gasteiger partial charge in [0.1, 0.15) is 5.15 Å². The van der Waals surface area contributed by atoms with Crippen molar-refractivity contribution in [3.05, 3.63) is 15.8 Å². The quantitative estimate of drug-likeness (QED) is 0.582. The van der Waals surface area contributed by atoms with Crippen molar-refractivity contribution in [1.29, 1.82) is 0 Å². The van der Waals surface area contributed by atoms with Gasteiger partial charge in [0.05, 0.1) is 10.2 Å². The second-order valence-electron chi connectivity index (χ2n) is 4.09. The van der Waals surface area contributed by atoms with Crippen LogP contribution in [-0.2, 0) is 13.8 Å². The van der Waals surface area contributed by atoms with Crippen LogP contribution in [0.1, 0.15) is 6.42 Å². The topological polar surface area (TPSA) is 80.2 Å². The Labute approximate surface area is 127 Å². The minimum atomic E-state index is -3.63. The van der Waals surface area contributed by atoms with Crippen LogP contribution in [0.5, 0.6) is 0 Å². The van der Waals surface area contributed by atoms with Crippen molar-refractivity contribution in [1.82, 2.24) is 9.97 Å². The molecule has 1 amide bonds. The summed E-state index contributed by atoms with van der Waals surface area (Å²) in [7, 11) is 1.55. The first-order valence-corrected chi connectivity index (χ1v) is 8.82. The molecule has 1 atom stereocenters. The Hall–Kier alpha value is -0.440. The average Bonchev–Trinajstić information content (AvgIpc) is 2.61. The predicted octanol–water partition coefficient (Wildman–Crippen LogP) is 1.81. The van der Waals surface area contributed by atoms with E-state index < -0.39 is 9.05 Å². The third-order valence-electron chi connectivity index (χ3n) is 2.57. The van der Waals surface area contributed by atoms with Gasteiger partial charge in [0.2, 0.25) is 20.9 Å². The van der Waals surface area contributed by atoms with E-state index in [2.05, 4.69) is 25.9 Å². The van der Waals surface area contributed by atoms with Gasteiger partial charge in [0, 0.05) is 35.8 Å². The maximum atomic E-state index is 11.8. The van der Waals surface area contributed by atoms with Gasteiger partial charge in [0.25, 0.3) is 0 Å². The smallest absolute Gasteiger partial charge is 0.233 e. The molecule has 6 nitrogen and oxygen atoms in total. The van der Waals surface area contributed by atoms with Crippen molar-refractivity contribution in [2.24, 2.45) is 5.92 Å². The van der Waals surface area contributed by atoms with E-state index in [1.807, 2.05) is 0 Å². The van der Waals surface area contributed by atoms with Gasteiger partial charge in [-0.1, -0.05) is 11.6 Å². The summed E-state index contributed by atoms with van der Waals surface area (Å²) in [6, 6.07) is 0. The summed E-state index contributed by atoms with van der Waals surface area (Å²) in [6.45, 7) is 0.211. The predicted molar refractivity (Wildman–Crippen MR) is 74.8 cm³/mol. The molecule has 10 heteroatoms. The van der Waals surface area contributed by atoms with Crippen molar-refractivity contribution in [2.45, 2.75) is 6.42 Å². The van der Waals surface area contributed by atoms with E-state index in [9.17, 15) is 13.2 Å². The highest BCUT2D eigenvalue weighted by atomic mass is 79.9. The van der Waals surface area contributed by atoms with Crippen molar-refractivity contribution in [3.8, 4) is 0 Å². The van der Waals surface area contributed by atoms with Gasteiger partial charge in [-0.3, -0.25) is 9.69 Å². The second kappa shape index (κ2) is 5.51. The van der Waals surface area contributed by atoms with Crippen molar-refractivity contribution in [3.63, 3.8) is 0 Å². The Kier molecular flexibility index (Phi) is 4.34. The number of carbonyl (C=O) groups is 1. The van der Waals surface area contributed by atoms with E-state index >= 15 is 0 Å². The summed E-state index contributed by atoms with van der Waals surface area (Å²) in [6.07, 6.45) is 1.53. The minimum Gasteiger partial charge on any atom is -0.280 e. The lowest BCUT2D eigenvalue weighted by atomic mass is 10.1. The molecule has 1 unspecified atom stereocenters. The lowest BCUT2D eigenvalue weighted by Crippen LogP contribution is -2.27. The molecule has 0 aromatic carbocycles. The summed E-state index contributed by atoms with van der Waals surface area (Å²) in [5.41, 5.74) is 0. The highest BCUT2D eigenvalue weighted by Crippen LogP contribution is 2.27. The third kappa shape index (κ3) is 3.77. The Balaban J connectivity index is 2.18. The van der Waals surface area contributed by atoms with Gasteiger partial charge in [-0.05, 0) is 15.9 Å². The van der Waals surface area contributed by atoms with Crippen LogP contribution in [0.3, 0.4) is 0 Å². The number of nitrogens with zero attached hydrogens (tertiary/aromatic N) is 3. The van der Waals surface area contributed by atoms with Crippen LogP contribution in [-0.4, -0.2) is 36.6 Å². The first kappa shape index (κ1) is 15.0. The molecule has 2 rings (SSSR count). The van der Waals surface area contributed by atoms with E-state index in [1.165, 1.54) is 11.1 Å². The standard InChI is InChI=1S/C9H8BrCl2N3O3S/c10-6-2-13-9(14-8(6)11)15-3-5(1-7(15)16)4-19(12,17)18/h2,5H,1,3-4H2. The molecule has 1 saturated heterocycles. The van der Waals surface area contributed by atoms with Crippen LogP contribution >= 0.6 is 38.2 Å². The normalized spacial score (nSPS) is 20.1. The molecule has 19 heavy (non-hydrogen) atoms. The van der Waals surface area contributed by atoms with Crippen LogP contribution < -0.4 is 4.90 Å². The maximum absolute atomic E-state index is 11.8. The number of aromatic nitrogens is 2.